The zero-order valence-electron chi connectivity index (χ0n) is 9.33. The summed E-state index contributed by atoms with van der Waals surface area (Å²) in [6, 6.07) is 0. The number of aromatic amines is 1. The van der Waals surface area contributed by atoms with Gasteiger partial charge in [-0.3, -0.25) is 4.79 Å². The van der Waals surface area contributed by atoms with Crippen LogP contribution in [0.4, 0.5) is 0 Å². The molecule has 0 saturated heterocycles. The van der Waals surface area contributed by atoms with Gasteiger partial charge < -0.3 is 15.2 Å². The number of H-pyrrole nitrogens is 1. The van der Waals surface area contributed by atoms with Gasteiger partial charge in [0.1, 0.15) is 5.69 Å². The van der Waals surface area contributed by atoms with Crippen molar-refractivity contribution in [1.29, 1.82) is 0 Å². The van der Waals surface area contributed by atoms with E-state index in [9.17, 15) is 9.59 Å². The molecule has 3 N–H and O–H groups in total. The number of rotatable bonds is 5. The summed E-state index contributed by atoms with van der Waals surface area (Å²) in [5, 5.41) is 17.4. The van der Waals surface area contributed by atoms with Crippen molar-refractivity contribution in [3.05, 3.63) is 22.5 Å². The van der Waals surface area contributed by atoms with Crippen LogP contribution in [0.15, 0.2) is 0 Å². The van der Waals surface area contributed by atoms with Gasteiger partial charge in [0.05, 0.1) is 0 Å². The van der Waals surface area contributed by atoms with Crippen LogP contribution in [0, 0.1) is 13.8 Å². The highest BCUT2D eigenvalue weighted by Crippen LogP contribution is 2.19. The molecule has 5 heteroatoms. The predicted molar refractivity (Wildman–Crippen MR) is 57.8 cm³/mol. The molecule has 0 bridgehead atoms. The van der Waals surface area contributed by atoms with Crippen molar-refractivity contribution in [2.75, 3.05) is 0 Å². The Morgan fingerprint density at radius 3 is 2.31 bits per heavy atom. The van der Waals surface area contributed by atoms with Crippen molar-refractivity contribution in [2.45, 2.75) is 33.1 Å². The fourth-order valence-corrected chi connectivity index (χ4v) is 1.79. The molecule has 0 atom stereocenters. The molecule has 1 rings (SSSR count). The molecule has 5 nitrogen and oxygen atoms in total. The quantitative estimate of drug-likeness (QED) is 0.711. The van der Waals surface area contributed by atoms with Crippen LogP contribution < -0.4 is 0 Å². The van der Waals surface area contributed by atoms with Gasteiger partial charge in [0, 0.05) is 12.1 Å². The fourth-order valence-electron chi connectivity index (χ4n) is 1.79. The van der Waals surface area contributed by atoms with Gasteiger partial charge in [-0.2, -0.15) is 0 Å². The van der Waals surface area contributed by atoms with E-state index in [2.05, 4.69) is 4.98 Å². The number of carbonyl (C=O) groups is 2. The Balaban J connectivity index is 2.80. The number of carboxylic acid groups (broad SMARTS) is 2. The summed E-state index contributed by atoms with van der Waals surface area (Å²) in [6.45, 7) is 3.54. The molecule has 0 spiro atoms. The minimum absolute atomic E-state index is 0.104. The average Bonchev–Trinajstić information content (AvgIpc) is 2.44. The first-order chi connectivity index (χ1) is 7.43. The summed E-state index contributed by atoms with van der Waals surface area (Å²) < 4.78 is 0. The van der Waals surface area contributed by atoms with E-state index in [1.165, 1.54) is 0 Å². The van der Waals surface area contributed by atoms with Gasteiger partial charge in [0.2, 0.25) is 0 Å². The molecule has 1 heterocycles. The first-order valence-electron chi connectivity index (χ1n) is 5.06. The third kappa shape index (κ3) is 2.62. The van der Waals surface area contributed by atoms with Crippen LogP contribution in [-0.4, -0.2) is 27.1 Å². The van der Waals surface area contributed by atoms with Gasteiger partial charge in [0.15, 0.2) is 0 Å². The summed E-state index contributed by atoms with van der Waals surface area (Å²) in [5.41, 5.74) is 2.62. The number of hydrogen-bond donors (Lipinski definition) is 3. The number of nitrogens with one attached hydrogen (secondary N) is 1. The number of aliphatic carboxylic acids is 1. The number of aromatic carboxylic acids is 1. The first-order valence-corrected chi connectivity index (χ1v) is 5.06. The summed E-state index contributed by atoms with van der Waals surface area (Å²) in [7, 11) is 0. The molecule has 0 amide bonds. The molecule has 0 aliphatic carbocycles. The van der Waals surface area contributed by atoms with Gasteiger partial charge in [-0.05, 0) is 37.8 Å². The van der Waals surface area contributed by atoms with Crippen molar-refractivity contribution in [3.8, 4) is 0 Å². The zero-order chi connectivity index (χ0) is 12.3. The Bertz CT molecular complexity index is 420. The number of carboxylic acids is 2. The molecule has 0 radical (unpaired) electrons. The highest BCUT2D eigenvalue weighted by atomic mass is 16.4. The van der Waals surface area contributed by atoms with Gasteiger partial charge in [0.25, 0.3) is 0 Å². The third-order valence-electron chi connectivity index (χ3n) is 2.62. The van der Waals surface area contributed by atoms with Gasteiger partial charge in [-0.25, -0.2) is 4.79 Å². The van der Waals surface area contributed by atoms with E-state index in [0.29, 0.717) is 18.4 Å². The van der Waals surface area contributed by atoms with Crippen molar-refractivity contribution in [2.24, 2.45) is 0 Å². The lowest BCUT2D eigenvalue weighted by Gasteiger charge is -2.00. The molecule has 0 aliphatic rings. The summed E-state index contributed by atoms with van der Waals surface area (Å²) in [4.78, 5) is 24.0. The lowest BCUT2D eigenvalue weighted by molar-refractivity contribution is -0.137. The summed E-state index contributed by atoms with van der Waals surface area (Å²) >= 11 is 0. The molecule has 16 heavy (non-hydrogen) atoms. The van der Waals surface area contributed by atoms with E-state index in [-0.39, 0.29) is 12.1 Å². The van der Waals surface area contributed by atoms with E-state index >= 15 is 0 Å². The van der Waals surface area contributed by atoms with Crippen LogP contribution in [0.5, 0.6) is 0 Å². The second-order valence-electron chi connectivity index (χ2n) is 3.78. The molecular formula is C11H15NO4. The standard InChI is InChI=1S/C11H15NO4/c1-6-8(4-3-5-9(13)14)7(2)12-10(6)11(15)16/h12H,3-5H2,1-2H3,(H,13,14)(H,15,16). The van der Waals surface area contributed by atoms with Crippen molar-refractivity contribution in [1.82, 2.24) is 4.98 Å². The Morgan fingerprint density at radius 2 is 1.88 bits per heavy atom. The minimum atomic E-state index is -0.981. The highest BCUT2D eigenvalue weighted by molar-refractivity contribution is 5.88. The van der Waals surface area contributed by atoms with Crippen LogP contribution in [0.3, 0.4) is 0 Å². The second kappa shape index (κ2) is 4.83. The van der Waals surface area contributed by atoms with Crippen molar-refractivity contribution < 1.29 is 19.8 Å². The third-order valence-corrected chi connectivity index (χ3v) is 2.62. The predicted octanol–water partition coefficient (Wildman–Crippen LogP) is 1.74. The minimum Gasteiger partial charge on any atom is -0.481 e. The van der Waals surface area contributed by atoms with Gasteiger partial charge in [-0.1, -0.05) is 0 Å². The van der Waals surface area contributed by atoms with Crippen molar-refractivity contribution in [3.63, 3.8) is 0 Å². The lowest BCUT2D eigenvalue weighted by atomic mass is 10.0. The maximum atomic E-state index is 10.8. The Hall–Kier alpha value is -1.78. The molecular weight excluding hydrogens is 210 g/mol. The average molecular weight is 225 g/mol. The smallest absolute Gasteiger partial charge is 0.352 e. The summed E-state index contributed by atoms with van der Waals surface area (Å²) in [5.74, 6) is -1.81. The van der Waals surface area contributed by atoms with Gasteiger partial charge in [-0.15, -0.1) is 0 Å². The normalized spacial score (nSPS) is 10.4. The maximum absolute atomic E-state index is 10.8. The van der Waals surface area contributed by atoms with E-state index < -0.39 is 11.9 Å². The lowest BCUT2D eigenvalue weighted by Crippen LogP contribution is -1.99. The molecule has 0 unspecified atom stereocenters. The first kappa shape index (κ1) is 12.3. The van der Waals surface area contributed by atoms with E-state index in [1.54, 1.807) is 13.8 Å². The highest BCUT2D eigenvalue weighted by Gasteiger charge is 2.16. The topological polar surface area (TPSA) is 90.4 Å². The van der Waals surface area contributed by atoms with Crippen LogP contribution in [-0.2, 0) is 11.2 Å². The number of hydrogen-bond acceptors (Lipinski definition) is 2. The number of aromatic nitrogens is 1. The largest absolute Gasteiger partial charge is 0.481 e. The van der Waals surface area contributed by atoms with Crippen LogP contribution in [0.1, 0.15) is 40.2 Å². The Labute approximate surface area is 93.1 Å². The monoisotopic (exact) mass is 225 g/mol. The molecule has 1 aromatic heterocycles. The Kier molecular flexibility index (Phi) is 3.71. The van der Waals surface area contributed by atoms with E-state index in [1.807, 2.05) is 0 Å². The molecule has 0 fully saturated rings. The van der Waals surface area contributed by atoms with Crippen LogP contribution in [0.25, 0.3) is 0 Å². The van der Waals surface area contributed by atoms with Crippen LogP contribution >= 0.6 is 0 Å². The molecule has 0 aliphatic heterocycles. The molecule has 0 aromatic carbocycles. The van der Waals surface area contributed by atoms with E-state index in [4.69, 9.17) is 10.2 Å². The zero-order valence-corrected chi connectivity index (χ0v) is 9.33. The van der Waals surface area contributed by atoms with Crippen LogP contribution in [0.2, 0.25) is 0 Å². The molecule has 1 aromatic rings. The Morgan fingerprint density at radius 1 is 1.25 bits per heavy atom. The summed E-state index contributed by atoms with van der Waals surface area (Å²) in [6.07, 6.45) is 1.22. The molecule has 88 valence electrons. The fraction of sp³-hybridized carbons (Fsp3) is 0.455. The second-order valence-corrected chi connectivity index (χ2v) is 3.78. The van der Waals surface area contributed by atoms with Gasteiger partial charge >= 0.3 is 11.9 Å². The van der Waals surface area contributed by atoms with Crippen molar-refractivity contribution >= 4 is 11.9 Å². The van der Waals surface area contributed by atoms with E-state index in [0.717, 1.165) is 11.3 Å². The molecule has 0 saturated carbocycles. The maximum Gasteiger partial charge on any atom is 0.352 e. The number of aryl methyl sites for hydroxylation is 1. The SMILES string of the molecule is Cc1[nH]c(C(=O)O)c(C)c1CCCC(=O)O.